The van der Waals surface area contributed by atoms with Crippen LogP contribution < -0.4 is 5.32 Å². The predicted octanol–water partition coefficient (Wildman–Crippen LogP) is 4.73. The van der Waals surface area contributed by atoms with Gasteiger partial charge in [0.25, 0.3) is 5.91 Å². The second kappa shape index (κ2) is 7.72. The molecular weight excluding hydrogens is 322 g/mol. The molecule has 0 aliphatic carbocycles. The Kier molecular flexibility index (Phi) is 5.68. The Morgan fingerprint density at radius 3 is 2.50 bits per heavy atom. The molecule has 3 aromatic rings. The zero-order valence-electron chi connectivity index (χ0n) is 12.0. The minimum absolute atomic E-state index is 0.0541. The Balaban J connectivity index is 0.000000847. The topological polar surface area (TPSA) is 68.0 Å². The Labute approximate surface area is 137 Å². The number of benzene rings is 1. The fourth-order valence-corrected chi connectivity index (χ4v) is 2.50. The highest BCUT2D eigenvalue weighted by atomic mass is 35.5. The smallest absolute Gasteiger partial charge is 0.322 e. The standard InChI is InChI=1S/C13H8ClN3O2S.C2H6/c14-10-7-6-9(20-10)11(18)15-13-17-16-12(19-13)8-4-2-1-3-5-8;1-2/h1-7H,(H,15,17,18);1-2H3. The highest BCUT2D eigenvalue weighted by Crippen LogP contribution is 2.23. The van der Waals surface area contributed by atoms with Crippen LogP contribution in [-0.4, -0.2) is 16.1 Å². The molecule has 0 atom stereocenters. The van der Waals surface area contributed by atoms with Crippen LogP contribution in [0.15, 0.2) is 46.9 Å². The second-order valence-corrected chi connectivity index (χ2v) is 5.55. The Hall–Kier alpha value is -2.18. The van der Waals surface area contributed by atoms with Crippen LogP contribution in [0.1, 0.15) is 23.5 Å². The van der Waals surface area contributed by atoms with Crippen LogP contribution in [0.2, 0.25) is 4.34 Å². The molecule has 2 aromatic heterocycles. The first-order valence-corrected chi connectivity index (χ1v) is 7.87. The van der Waals surface area contributed by atoms with E-state index in [1.54, 1.807) is 12.1 Å². The van der Waals surface area contributed by atoms with E-state index in [4.69, 9.17) is 16.0 Å². The highest BCUT2D eigenvalue weighted by molar-refractivity contribution is 7.18. The van der Waals surface area contributed by atoms with Crippen molar-refractivity contribution < 1.29 is 9.21 Å². The van der Waals surface area contributed by atoms with Crippen LogP contribution in [-0.2, 0) is 0 Å². The summed E-state index contributed by atoms with van der Waals surface area (Å²) in [5.74, 6) is 0.0234. The normalized spacial score (nSPS) is 9.77. The van der Waals surface area contributed by atoms with Crippen molar-refractivity contribution in [2.45, 2.75) is 13.8 Å². The van der Waals surface area contributed by atoms with Crippen molar-refractivity contribution in [3.05, 3.63) is 51.7 Å². The Bertz CT molecular complexity index is 740. The first-order valence-electron chi connectivity index (χ1n) is 6.68. The zero-order valence-corrected chi connectivity index (χ0v) is 13.6. The van der Waals surface area contributed by atoms with Crippen molar-refractivity contribution in [3.8, 4) is 11.5 Å². The molecule has 0 unspecified atom stereocenters. The number of hydrogen-bond acceptors (Lipinski definition) is 5. The van der Waals surface area contributed by atoms with E-state index in [2.05, 4.69) is 15.5 Å². The lowest BCUT2D eigenvalue weighted by Crippen LogP contribution is -2.10. The molecule has 0 spiro atoms. The predicted molar refractivity (Wildman–Crippen MR) is 88.4 cm³/mol. The molecule has 2 heterocycles. The van der Waals surface area contributed by atoms with Crippen LogP contribution in [0.25, 0.3) is 11.5 Å². The SMILES string of the molecule is CC.O=C(Nc1nnc(-c2ccccc2)o1)c1ccc(Cl)s1. The average molecular weight is 336 g/mol. The number of amides is 1. The van der Waals surface area contributed by atoms with Gasteiger partial charge in [-0.3, -0.25) is 10.1 Å². The first-order chi connectivity index (χ1) is 10.7. The summed E-state index contributed by atoms with van der Waals surface area (Å²) in [5, 5.41) is 10.2. The summed E-state index contributed by atoms with van der Waals surface area (Å²) < 4.78 is 5.93. The lowest BCUT2D eigenvalue weighted by atomic mass is 10.2. The summed E-state index contributed by atoms with van der Waals surface area (Å²) >= 11 is 6.96. The quantitative estimate of drug-likeness (QED) is 0.751. The number of nitrogens with zero attached hydrogens (tertiary/aromatic N) is 2. The lowest BCUT2D eigenvalue weighted by Gasteiger charge is -1.96. The molecule has 1 amide bonds. The van der Waals surface area contributed by atoms with Gasteiger partial charge in [0.15, 0.2) is 0 Å². The van der Waals surface area contributed by atoms with E-state index in [0.29, 0.717) is 15.1 Å². The van der Waals surface area contributed by atoms with Gasteiger partial charge >= 0.3 is 6.01 Å². The minimum atomic E-state index is -0.329. The van der Waals surface area contributed by atoms with Gasteiger partial charge in [0.2, 0.25) is 5.89 Å². The third kappa shape index (κ3) is 3.93. The molecule has 0 fully saturated rings. The number of nitrogens with one attached hydrogen (secondary N) is 1. The number of halogens is 1. The van der Waals surface area contributed by atoms with Gasteiger partial charge in [-0.2, -0.15) is 0 Å². The molecule has 3 rings (SSSR count). The van der Waals surface area contributed by atoms with Gasteiger partial charge in [0.1, 0.15) is 0 Å². The van der Waals surface area contributed by atoms with Crippen LogP contribution in [0.5, 0.6) is 0 Å². The van der Waals surface area contributed by atoms with Gasteiger partial charge < -0.3 is 4.42 Å². The monoisotopic (exact) mass is 335 g/mol. The number of hydrogen-bond donors (Lipinski definition) is 1. The molecule has 1 aromatic carbocycles. The summed E-state index contributed by atoms with van der Waals surface area (Å²) in [6.45, 7) is 4.00. The average Bonchev–Trinajstić information content (AvgIpc) is 3.19. The number of thiophene rings is 1. The van der Waals surface area contributed by atoms with Crippen molar-refractivity contribution in [1.29, 1.82) is 0 Å². The van der Waals surface area contributed by atoms with Crippen molar-refractivity contribution in [1.82, 2.24) is 10.2 Å². The molecule has 22 heavy (non-hydrogen) atoms. The minimum Gasteiger partial charge on any atom is -0.403 e. The summed E-state index contributed by atoms with van der Waals surface area (Å²) in [6, 6.07) is 12.7. The lowest BCUT2D eigenvalue weighted by molar-refractivity contribution is 0.102. The number of carbonyl (C=O) groups excluding carboxylic acids is 1. The van der Waals surface area contributed by atoms with Crippen molar-refractivity contribution in [2.75, 3.05) is 5.32 Å². The molecule has 7 heteroatoms. The molecule has 1 N–H and O–H groups in total. The van der Waals surface area contributed by atoms with E-state index in [9.17, 15) is 4.79 Å². The third-order valence-corrected chi connectivity index (χ3v) is 3.69. The molecule has 0 bridgehead atoms. The fourth-order valence-electron chi connectivity index (χ4n) is 1.57. The van der Waals surface area contributed by atoms with E-state index in [0.717, 1.165) is 5.56 Å². The summed E-state index contributed by atoms with van der Waals surface area (Å²) in [7, 11) is 0. The largest absolute Gasteiger partial charge is 0.403 e. The maximum absolute atomic E-state index is 11.9. The van der Waals surface area contributed by atoms with Gasteiger partial charge in [0.05, 0.1) is 9.21 Å². The summed E-state index contributed by atoms with van der Waals surface area (Å²) in [5.41, 5.74) is 0.791. The van der Waals surface area contributed by atoms with Gasteiger partial charge in [-0.05, 0) is 24.3 Å². The molecule has 114 valence electrons. The second-order valence-electron chi connectivity index (χ2n) is 3.84. The van der Waals surface area contributed by atoms with Gasteiger partial charge in [-0.15, -0.1) is 16.4 Å². The third-order valence-electron chi connectivity index (χ3n) is 2.46. The first kappa shape index (κ1) is 16.2. The van der Waals surface area contributed by atoms with E-state index in [1.165, 1.54) is 11.3 Å². The van der Waals surface area contributed by atoms with Gasteiger partial charge in [-0.25, -0.2) is 0 Å². The molecule has 0 aliphatic heterocycles. The number of rotatable bonds is 3. The Morgan fingerprint density at radius 2 is 1.86 bits per heavy atom. The molecular formula is C15H14ClN3O2S. The van der Waals surface area contributed by atoms with E-state index >= 15 is 0 Å². The van der Waals surface area contributed by atoms with Crippen LogP contribution in [0.3, 0.4) is 0 Å². The summed E-state index contributed by atoms with van der Waals surface area (Å²) in [4.78, 5) is 12.4. The van der Waals surface area contributed by atoms with Crippen molar-refractivity contribution in [2.24, 2.45) is 0 Å². The van der Waals surface area contributed by atoms with Crippen molar-refractivity contribution in [3.63, 3.8) is 0 Å². The molecule has 0 aliphatic rings. The van der Waals surface area contributed by atoms with Gasteiger partial charge in [-0.1, -0.05) is 48.7 Å². The van der Waals surface area contributed by atoms with Gasteiger partial charge in [0, 0.05) is 5.56 Å². The van der Waals surface area contributed by atoms with E-state index in [1.807, 2.05) is 44.2 Å². The number of aromatic nitrogens is 2. The molecule has 5 nitrogen and oxygen atoms in total. The molecule has 0 radical (unpaired) electrons. The van der Waals surface area contributed by atoms with Crippen LogP contribution in [0, 0.1) is 0 Å². The Morgan fingerprint density at radius 1 is 1.14 bits per heavy atom. The summed E-state index contributed by atoms with van der Waals surface area (Å²) in [6.07, 6.45) is 0. The highest BCUT2D eigenvalue weighted by Gasteiger charge is 2.14. The van der Waals surface area contributed by atoms with Crippen molar-refractivity contribution >= 4 is 34.9 Å². The number of carbonyl (C=O) groups is 1. The molecule has 0 saturated carbocycles. The van der Waals surface area contributed by atoms with Crippen LogP contribution >= 0.6 is 22.9 Å². The van der Waals surface area contributed by atoms with E-state index in [-0.39, 0.29) is 11.9 Å². The maximum atomic E-state index is 11.9. The van der Waals surface area contributed by atoms with Crippen LogP contribution in [0.4, 0.5) is 6.01 Å². The fraction of sp³-hybridized carbons (Fsp3) is 0.133. The zero-order chi connectivity index (χ0) is 15.9. The molecule has 0 saturated heterocycles. The van der Waals surface area contributed by atoms with E-state index < -0.39 is 0 Å². The number of anilines is 1. The maximum Gasteiger partial charge on any atom is 0.322 e.